The molecule has 2 heterocycles. The minimum absolute atomic E-state index is 0.0171. The lowest BCUT2D eigenvalue weighted by Crippen LogP contribution is -2.38. The molecule has 1 saturated heterocycles. The molecule has 1 fully saturated rings. The molecule has 1 aliphatic rings. The number of hydrogen-bond donors (Lipinski definition) is 1. The van der Waals surface area contributed by atoms with E-state index in [2.05, 4.69) is 36.1 Å². The summed E-state index contributed by atoms with van der Waals surface area (Å²) >= 11 is 3.50. The molecule has 0 aliphatic carbocycles. The standard InChI is InChI=1S/C20H18BrFN4O/c21-14-1-6-18-17(11-14)19(24-12-23-18)26-9-7-13(8-10-26)20(27)25-16-4-2-15(22)3-5-16/h1-6,11-13H,7-10H2,(H,25,27). The molecule has 5 nitrogen and oxygen atoms in total. The molecule has 0 saturated carbocycles. The molecule has 2 aromatic carbocycles. The van der Waals surface area contributed by atoms with E-state index in [1.54, 1.807) is 18.5 Å². The van der Waals surface area contributed by atoms with E-state index in [1.807, 2.05) is 18.2 Å². The Labute approximate surface area is 164 Å². The minimum atomic E-state index is -0.315. The third-order valence-electron chi connectivity index (χ3n) is 4.85. The van der Waals surface area contributed by atoms with Crippen LogP contribution < -0.4 is 10.2 Å². The van der Waals surface area contributed by atoms with Gasteiger partial charge in [-0.1, -0.05) is 15.9 Å². The van der Waals surface area contributed by atoms with E-state index in [0.717, 1.165) is 47.1 Å². The summed E-state index contributed by atoms with van der Waals surface area (Å²) in [4.78, 5) is 23.5. The van der Waals surface area contributed by atoms with Crippen LogP contribution in [0.5, 0.6) is 0 Å². The van der Waals surface area contributed by atoms with E-state index >= 15 is 0 Å². The van der Waals surface area contributed by atoms with Crippen molar-refractivity contribution >= 4 is 44.2 Å². The Morgan fingerprint density at radius 3 is 2.59 bits per heavy atom. The van der Waals surface area contributed by atoms with Crippen molar-refractivity contribution in [3.8, 4) is 0 Å². The summed E-state index contributed by atoms with van der Waals surface area (Å²) in [6.45, 7) is 1.50. The first-order valence-corrected chi connectivity index (χ1v) is 9.61. The van der Waals surface area contributed by atoms with Crippen molar-refractivity contribution < 1.29 is 9.18 Å². The zero-order valence-corrected chi connectivity index (χ0v) is 16.1. The Bertz CT molecular complexity index is 971. The first-order chi connectivity index (χ1) is 13.1. The highest BCUT2D eigenvalue weighted by molar-refractivity contribution is 9.10. The molecule has 27 heavy (non-hydrogen) atoms. The zero-order valence-electron chi connectivity index (χ0n) is 14.5. The first kappa shape index (κ1) is 17.9. The third-order valence-corrected chi connectivity index (χ3v) is 5.35. The Morgan fingerprint density at radius 1 is 1.11 bits per heavy atom. The predicted molar refractivity (Wildman–Crippen MR) is 107 cm³/mol. The van der Waals surface area contributed by atoms with E-state index in [-0.39, 0.29) is 17.6 Å². The van der Waals surface area contributed by atoms with Crippen LogP contribution in [0.4, 0.5) is 15.9 Å². The van der Waals surface area contributed by atoms with Gasteiger partial charge in [-0.2, -0.15) is 0 Å². The van der Waals surface area contributed by atoms with Crippen LogP contribution in [0.15, 0.2) is 53.3 Å². The molecule has 4 rings (SSSR count). The molecule has 138 valence electrons. The van der Waals surface area contributed by atoms with E-state index in [4.69, 9.17) is 0 Å². The minimum Gasteiger partial charge on any atom is -0.356 e. The second kappa shape index (κ2) is 7.60. The molecule has 0 unspecified atom stereocenters. The molecule has 0 atom stereocenters. The average molecular weight is 429 g/mol. The van der Waals surface area contributed by atoms with Crippen LogP contribution in [-0.2, 0) is 4.79 Å². The van der Waals surface area contributed by atoms with Gasteiger partial charge >= 0.3 is 0 Å². The summed E-state index contributed by atoms with van der Waals surface area (Å²) < 4.78 is 14.0. The van der Waals surface area contributed by atoms with Gasteiger partial charge in [-0.25, -0.2) is 14.4 Å². The largest absolute Gasteiger partial charge is 0.356 e. The number of fused-ring (bicyclic) bond motifs is 1. The highest BCUT2D eigenvalue weighted by atomic mass is 79.9. The number of hydrogen-bond acceptors (Lipinski definition) is 4. The predicted octanol–water partition coefficient (Wildman–Crippen LogP) is 4.39. The van der Waals surface area contributed by atoms with Crippen LogP contribution in [0.3, 0.4) is 0 Å². The van der Waals surface area contributed by atoms with Gasteiger partial charge in [0.15, 0.2) is 0 Å². The molecule has 1 amide bonds. The SMILES string of the molecule is O=C(Nc1ccc(F)cc1)C1CCN(c2ncnc3ccc(Br)cc23)CC1. The molecule has 0 bridgehead atoms. The normalized spacial score (nSPS) is 15.1. The van der Waals surface area contributed by atoms with Crippen molar-refractivity contribution in [1.29, 1.82) is 0 Å². The van der Waals surface area contributed by atoms with Crippen molar-refractivity contribution in [2.75, 3.05) is 23.3 Å². The molecule has 0 spiro atoms. The van der Waals surface area contributed by atoms with E-state index in [1.165, 1.54) is 12.1 Å². The van der Waals surface area contributed by atoms with Crippen LogP contribution in [0.25, 0.3) is 10.9 Å². The maximum absolute atomic E-state index is 13.0. The second-order valence-corrected chi connectivity index (χ2v) is 7.53. The number of carbonyl (C=O) groups is 1. The number of piperidine rings is 1. The highest BCUT2D eigenvalue weighted by Crippen LogP contribution is 2.29. The van der Waals surface area contributed by atoms with Crippen molar-refractivity contribution in [3.05, 3.63) is 59.1 Å². The van der Waals surface area contributed by atoms with Crippen molar-refractivity contribution in [2.45, 2.75) is 12.8 Å². The quantitative estimate of drug-likeness (QED) is 0.671. The monoisotopic (exact) mass is 428 g/mol. The lowest BCUT2D eigenvalue weighted by molar-refractivity contribution is -0.120. The number of nitrogens with one attached hydrogen (secondary N) is 1. The first-order valence-electron chi connectivity index (χ1n) is 8.82. The average Bonchev–Trinajstić information content (AvgIpc) is 2.69. The molecule has 1 N–H and O–H groups in total. The fraction of sp³-hybridized carbons (Fsp3) is 0.250. The molecule has 1 aliphatic heterocycles. The summed E-state index contributed by atoms with van der Waals surface area (Å²) in [5.41, 5.74) is 1.52. The summed E-state index contributed by atoms with van der Waals surface area (Å²) in [6.07, 6.45) is 3.07. The van der Waals surface area contributed by atoms with Crippen molar-refractivity contribution in [3.63, 3.8) is 0 Å². The lowest BCUT2D eigenvalue weighted by atomic mass is 9.95. The maximum atomic E-state index is 13.0. The molecule has 7 heteroatoms. The summed E-state index contributed by atoms with van der Waals surface area (Å²) in [6, 6.07) is 11.8. The fourth-order valence-corrected chi connectivity index (χ4v) is 3.76. The van der Waals surface area contributed by atoms with E-state index < -0.39 is 0 Å². The summed E-state index contributed by atoms with van der Waals surface area (Å²) in [7, 11) is 0. The Balaban J connectivity index is 1.44. The van der Waals surface area contributed by atoms with Crippen LogP contribution in [-0.4, -0.2) is 29.0 Å². The van der Waals surface area contributed by atoms with E-state index in [9.17, 15) is 9.18 Å². The van der Waals surface area contributed by atoms with Crippen LogP contribution >= 0.6 is 15.9 Å². The highest BCUT2D eigenvalue weighted by Gasteiger charge is 2.26. The number of nitrogens with zero attached hydrogens (tertiary/aromatic N) is 3. The van der Waals surface area contributed by atoms with Crippen LogP contribution in [0, 0.1) is 11.7 Å². The number of aromatic nitrogens is 2. The maximum Gasteiger partial charge on any atom is 0.227 e. The van der Waals surface area contributed by atoms with Gasteiger partial charge < -0.3 is 10.2 Å². The molecule has 3 aromatic rings. The summed E-state index contributed by atoms with van der Waals surface area (Å²) in [5, 5.41) is 3.88. The number of halogens is 2. The number of rotatable bonds is 3. The van der Waals surface area contributed by atoms with Gasteiger partial charge in [0.05, 0.1) is 5.52 Å². The zero-order chi connectivity index (χ0) is 18.8. The van der Waals surface area contributed by atoms with Crippen molar-refractivity contribution in [2.24, 2.45) is 5.92 Å². The topological polar surface area (TPSA) is 58.1 Å². The lowest BCUT2D eigenvalue weighted by Gasteiger charge is -2.32. The van der Waals surface area contributed by atoms with E-state index in [0.29, 0.717) is 5.69 Å². The third kappa shape index (κ3) is 3.93. The van der Waals surface area contributed by atoms with Gasteiger partial charge in [0.1, 0.15) is 18.0 Å². The van der Waals surface area contributed by atoms with Gasteiger partial charge in [-0.15, -0.1) is 0 Å². The molecule has 1 aromatic heterocycles. The van der Waals surface area contributed by atoms with Gasteiger partial charge in [0, 0.05) is 34.6 Å². The Hall–Kier alpha value is -2.54. The van der Waals surface area contributed by atoms with Gasteiger partial charge in [-0.3, -0.25) is 4.79 Å². The molecular formula is C20H18BrFN4O. The Morgan fingerprint density at radius 2 is 1.85 bits per heavy atom. The fourth-order valence-electron chi connectivity index (χ4n) is 3.40. The number of amides is 1. The summed E-state index contributed by atoms with van der Waals surface area (Å²) in [5.74, 6) is 0.506. The van der Waals surface area contributed by atoms with Crippen LogP contribution in [0.2, 0.25) is 0 Å². The van der Waals surface area contributed by atoms with Crippen LogP contribution in [0.1, 0.15) is 12.8 Å². The second-order valence-electron chi connectivity index (χ2n) is 6.62. The smallest absolute Gasteiger partial charge is 0.227 e. The Kier molecular flexibility index (Phi) is 5.03. The molecular weight excluding hydrogens is 411 g/mol. The van der Waals surface area contributed by atoms with Crippen molar-refractivity contribution in [1.82, 2.24) is 9.97 Å². The molecule has 0 radical (unpaired) electrons. The van der Waals surface area contributed by atoms with Gasteiger partial charge in [0.2, 0.25) is 5.91 Å². The number of benzene rings is 2. The number of carbonyl (C=O) groups excluding carboxylic acids is 1. The van der Waals surface area contributed by atoms with Gasteiger partial charge in [-0.05, 0) is 55.3 Å². The van der Waals surface area contributed by atoms with Gasteiger partial charge in [0.25, 0.3) is 0 Å². The number of anilines is 2.